The molecule has 0 fully saturated rings. The van der Waals surface area contributed by atoms with E-state index in [0.717, 1.165) is 31.2 Å². The van der Waals surface area contributed by atoms with Gasteiger partial charge in [0.2, 0.25) is 15.9 Å². The second-order valence-electron chi connectivity index (χ2n) is 7.86. The third-order valence-electron chi connectivity index (χ3n) is 4.88. The molecule has 2 rings (SSSR count). The third kappa shape index (κ3) is 8.44. The topological polar surface area (TPSA) is 88.2 Å². The first-order valence-electron chi connectivity index (χ1n) is 10.6. The molecule has 1 aromatic carbocycles. The average Bonchev–Trinajstić information content (AvgIpc) is 2.72. The van der Waals surface area contributed by atoms with Crippen LogP contribution < -0.4 is 10.0 Å². The molecule has 0 aliphatic heterocycles. The predicted octanol–water partition coefficient (Wildman–Crippen LogP) is 5.23. The van der Waals surface area contributed by atoms with E-state index in [1.165, 1.54) is 30.4 Å². The van der Waals surface area contributed by atoms with Crippen molar-refractivity contribution in [3.8, 4) is 0 Å². The van der Waals surface area contributed by atoms with Crippen LogP contribution in [0.1, 0.15) is 61.7 Å². The van der Waals surface area contributed by atoms with Gasteiger partial charge in [-0.15, -0.1) is 0 Å². The highest BCUT2D eigenvalue weighted by Gasteiger charge is 2.32. The number of aryl methyl sites for hydroxylation is 1. The summed E-state index contributed by atoms with van der Waals surface area (Å²) in [5.74, 6) is -1.34. The number of hydrogen-bond acceptors (Lipinski definition) is 4. The summed E-state index contributed by atoms with van der Waals surface area (Å²) in [6.07, 6.45) is 1.68. The van der Waals surface area contributed by atoms with E-state index in [4.69, 9.17) is 0 Å². The maximum absolute atomic E-state index is 14.2. The molecule has 186 valence electrons. The number of nitrogens with one attached hydrogen (secondary N) is 2. The van der Waals surface area contributed by atoms with Crippen molar-refractivity contribution in [3.05, 3.63) is 64.7 Å². The van der Waals surface area contributed by atoms with Crippen molar-refractivity contribution in [2.24, 2.45) is 0 Å². The van der Waals surface area contributed by atoms with Crippen LogP contribution in [0.25, 0.3) is 6.08 Å². The Hall–Kier alpha value is -2.95. The first kappa shape index (κ1) is 27.3. The summed E-state index contributed by atoms with van der Waals surface area (Å²) < 4.78 is 77.9. The molecule has 6 nitrogen and oxygen atoms in total. The van der Waals surface area contributed by atoms with Gasteiger partial charge in [0.05, 0.1) is 18.0 Å². The molecule has 1 unspecified atom stereocenters. The normalized spacial score (nSPS) is 13.1. The van der Waals surface area contributed by atoms with Gasteiger partial charge in [-0.1, -0.05) is 31.9 Å². The zero-order valence-electron chi connectivity index (χ0n) is 19.0. The number of carbonyl (C=O) groups excluding carboxylic acids is 1. The predicted molar refractivity (Wildman–Crippen MR) is 123 cm³/mol. The zero-order chi connectivity index (χ0) is 25.5. The number of alkyl halides is 3. The van der Waals surface area contributed by atoms with Gasteiger partial charge in [0.1, 0.15) is 11.5 Å². The summed E-state index contributed by atoms with van der Waals surface area (Å²) in [4.78, 5) is 16.1. The summed E-state index contributed by atoms with van der Waals surface area (Å²) >= 11 is 0. The molecule has 2 aromatic rings. The monoisotopic (exact) mass is 501 g/mol. The van der Waals surface area contributed by atoms with Crippen LogP contribution >= 0.6 is 0 Å². The molecule has 34 heavy (non-hydrogen) atoms. The van der Waals surface area contributed by atoms with Crippen molar-refractivity contribution < 1.29 is 30.8 Å². The second-order valence-corrected chi connectivity index (χ2v) is 9.61. The summed E-state index contributed by atoms with van der Waals surface area (Å²) in [6.45, 7) is 3.59. The lowest BCUT2D eigenvalue weighted by Gasteiger charge is -2.15. The van der Waals surface area contributed by atoms with Crippen LogP contribution in [0.3, 0.4) is 0 Å². The Morgan fingerprint density at radius 1 is 1.18 bits per heavy atom. The number of unbranched alkanes of at least 4 members (excludes halogenated alkanes) is 2. The summed E-state index contributed by atoms with van der Waals surface area (Å²) in [7, 11) is -3.64. The highest BCUT2D eigenvalue weighted by atomic mass is 32.2. The smallest absolute Gasteiger partial charge is 0.346 e. The summed E-state index contributed by atoms with van der Waals surface area (Å²) in [5.41, 5.74) is -0.125. The molecule has 1 atom stereocenters. The first-order chi connectivity index (χ1) is 15.8. The van der Waals surface area contributed by atoms with Gasteiger partial charge in [0, 0.05) is 11.8 Å². The van der Waals surface area contributed by atoms with Crippen molar-refractivity contribution >= 4 is 27.7 Å². The molecule has 0 spiro atoms. The number of amides is 1. The number of carbonyl (C=O) groups is 1. The summed E-state index contributed by atoms with van der Waals surface area (Å²) in [5, 5.41) is 2.64. The Morgan fingerprint density at radius 3 is 2.47 bits per heavy atom. The zero-order valence-corrected chi connectivity index (χ0v) is 19.9. The fraction of sp³-hybridized carbons (Fsp3) is 0.391. The molecular weight excluding hydrogens is 474 g/mol. The number of pyridine rings is 1. The van der Waals surface area contributed by atoms with Crippen LogP contribution in [0.4, 0.5) is 23.2 Å². The van der Waals surface area contributed by atoms with Crippen molar-refractivity contribution in [2.75, 3.05) is 11.0 Å². The molecule has 0 saturated carbocycles. The van der Waals surface area contributed by atoms with Gasteiger partial charge in [-0.2, -0.15) is 13.2 Å². The van der Waals surface area contributed by atoms with E-state index in [0.29, 0.717) is 24.0 Å². The van der Waals surface area contributed by atoms with Crippen LogP contribution in [0, 0.1) is 5.82 Å². The van der Waals surface area contributed by atoms with Crippen LogP contribution in [-0.4, -0.2) is 25.6 Å². The average molecular weight is 502 g/mol. The van der Waals surface area contributed by atoms with Crippen molar-refractivity contribution in [1.29, 1.82) is 0 Å². The minimum atomic E-state index is -4.56. The van der Waals surface area contributed by atoms with Crippen LogP contribution in [0.15, 0.2) is 36.4 Å². The molecule has 0 aliphatic rings. The first-order valence-corrected chi connectivity index (χ1v) is 12.5. The molecule has 0 radical (unpaired) electrons. The van der Waals surface area contributed by atoms with E-state index < -0.39 is 39.7 Å². The lowest BCUT2D eigenvalue weighted by atomic mass is 10.1. The number of rotatable bonds is 10. The molecule has 0 bridgehead atoms. The van der Waals surface area contributed by atoms with Gasteiger partial charge in [-0.05, 0) is 55.2 Å². The van der Waals surface area contributed by atoms with Crippen molar-refractivity contribution in [3.63, 3.8) is 0 Å². The van der Waals surface area contributed by atoms with Gasteiger partial charge < -0.3 is 5.32 Å². The van der Waals surface area contributed by atoms with E-state index in [1.54, 1.807) is 6.92 Å². The molecule has 0 aliphatic carbocycles. The Kier molecular flexibility index (Phi) is 9.20. The lowest BCUT2D eigenvalue weighted by molar-refractivity contribution is -0.141. The Morgan fingerprint density at radius 2 is 1.88 bits per heavy atom. The van der Waals surface area contributed by atoms with E-state index in [1.807, 2.05) is 6.92 Å². The minimum absolute atomic E-state index is 0.213. The van der Waals surface area contributed by atoms with Gasteiger partial charge in [0.15, 0.2) is 0 Å². The maximum Gasteiger partial charge on any atom is 0.433 e. The number of sulfonamides is 1. The van der Waals surface area contributed by atoms with Gasteiger partial charge in [0.25, 0.3) is 0 Å². The van der Waals surface area contributed by atoms with Crippen molar-refractivity contribution in [1.82, 2.24) is 10.3 Å². The third-order valence-corrected chi connectivity index (χ3v) is 5.47. The van der Waals surface area contributed by atoms with E-state index in [9.17, 15) is 30.8 Å². The maximum atomic E-state index is 14.2. The SMILES string of the molecule is CCCCCc1nc(C(F)(F)F)ccc1C=CC(=O)NC(C)c1ccc(NS(C)(=O)=O)c(F)c1. The van der Waals surface area contributed by atoms with Crippen molar-refractivity contribution in [2.45, 2.75) is 51.7 Å². The standard InChI is InChI=1S/C23H27F4N3O3S/c1-4-5-6-7-19-16(9-12-21(29-19)23(25,26)27)10-13-22(31)28-15(2)17-8-11-20(18(24)14-17)30-34(3,32)33/h8-15,30H,4-7H2,1-3H3,(H,28,31). The number of halogens is 4. The fourth-order valence-electron chi connectivity index (χ4n) is 3.16. The molecule has 1 heterocycles. The van der Waals surface area contributed by atoms with E-state index in [-0.39, 0.29) is 11.4 Å². The van der Waals surface area contributed by atoms with Gasteiger partial charge in [-0.25, -0.2) is 17.8 Å². The number of benzene rings is 1. The quantitative estimate of drug-likeness (QED) is 0.265. The molecule has 1 amide bonds. The minimum Gasteiger partial charge on any atom is -0.346 e. The fourth-order valence-corrected chi connectivity index (χ4v) is 3.72. The lowest BCUT2D eigenvalue weighted by Crippen LogP contribution is -2.24. The number of aromatic nitrogens is 1. The van der Waals surface area contributed by atoms with E-state index >= 15 is 0 Å². The second kappa shape index (κ2) is 11.5. The molecule has 2 N–H and O–H groups in total. The van der Waals surface area contributed by atoms with Crippen LogP contribution in [0.5, 0.6) is 0 Å². The molecule has 0 saturated heterocycles. The summed E-state index contributed by atoms with van der Waals surface area (Å²) in [6, 6.07) is 5.37. The van der Waals surface area contributed by atoms with Crippen LogP contribution in [0.2, 0.25) is 0 Å². The van der Waals surface area contributed by atoms with Gasteiger partial charge in [-0.3, -0.25) is 9.52 Å². The molecule has 1 aromatic heterocycles. The Labute approximate surface area is 196 Å². The number of hydrogen-bond donors (Lipinski definition) is 2. The van der Waals surface area contributed by atoms with E-state index in [2.05, 4.69) is 15.0 Å². The Balaban J connectivity index is 2.13. The highest BCUT2D eigenvalue weighted by Crippen LogP contribution is 2.29. The largest absolute Gasteiger partial charge is 0.433 e. The van der Waals surface area contributed by atoms with Crippen LogP contribution in [-0.2, 0) is 27.4 Å². The number of anilines is 1. The molecule has 11 heteroatoms. The van der Waals surface area contributed by atoms with Gasteiger partial charge >= 0.3 is 6.18 Å². The Bertz CT molecular complexity index is 1150. The number of nitrogens with zero attached hydrogens (tertiary/aromatic N) is 1. The highest BCUT2D eigenvalue weighted by molar-refractivity contribution is 7.92. The molecular formula is C23H27F4N3O3S.